The number of nitriles is 1. The minimum atomic E-state index is -0.366. The molecule has 0 saturated heterocycles. The van der Waals surface area contributed by atoms with Crippen molar-refractivity contribution in [2.24, 2.45) is 0 Å². The van der Waals surface area contributed by atoms with E-state index < -0.39 is 0 Å². The van der Waals surface area contributed by atoms with Crippen LogP contribution < -0.4 is 14.8 Å². The average molecular weight is 457 g/mol. The highest BCUT2D eigenvalue weighted by Crippen LogP contribution is 2.37. The number of thioether (sulfide) groups is 1. The van der Waals surface area contributed by atoms with Gasteiger partial charge in [-0.25, -0.2) is 9.97 Å². The summed E-state index contributed by atoms with van der Waals surface area (Å²) in [4.78, 5) is 32.6. The molecular weight excluding hydrogens is 440 g/mol. The molecule has 1 N–H and O–H groups in total. The maximum Gasteiger partial charge on any atom is 0.311 e. The quantitative estimate of drug-likeness (QED) is 0.422. The van der Waals surface area contributed by atoms with Crippen molar-refractivity contribution in [2.75, 3.05) is 24.5 Å². The number of thiazole rings is 1. The fourth-order valence-corrected chi connectivity index (χ4v) is 4.32. The van der Waals surface area contributed by atoms with Crippen LogP contribution in [0.5, 0.6) is 11.5 Å². The van der Waals surface area contributed by atoms with Crippen LogP contribution in [-0.4, -0.2) is 41.0 Å². The van der Waals surface area contributed by atoms with Crippen LogP contribution in [0.3, 0.4) is 0 Å². The molecule has 4 rings (SSSR count). The van der Waals surface area contributed by atoms with Crippen molar-refractivity contribution in [3.8, 4) is 17.6 Å². The number of nitrogens with one attached hydrogen (secondary N) is 1. The molecule has 11 heteroatoms. The smallest absolute Gasteiger partial charge is 0.311 e. The number of fused-ring (bicyclic) bond motifs is 2. The highest BCUT2D eigenvalue weighted by molar-refractivity contribution is 8.00. The Labute approximate surface area is 185 Å². The number of anilines is 1. The van der Waals surface area contributed by atoms with Gasteiger partial charge in [-0.05, 0) is 19.1 Å². The van der Waals surface area contributed by atoms with Gasteiger partial charge in [0, 0.05) is 16.8 Å². The van der Waals surface area contributed by atoms with Crippen LogP contribution in [0.2, 0.25) is 0 Å². The molecule has 1 aliphatic rings. The number of hydrogen-bond acceptors (Lipinski definition) is 10. The van der Waals surface area contributed by atoms with E-state index in [0.29, 0.717) is 45.0 Å². The Morgan fingerprint density at radius 3 is 2.87 bits per heavy atom. The Morgan fingerprint density at radius 1 is 1.29 bits per heavy atom. The summed E-state index contributed by atoms with van der Waals surface area (Å²) in [7, 11) is 0. The number of benzene rings is 1. The first-order chi connectivity index (χ1) is 15.1. The van der Waals surface area contributed by atoms with Gasteiger partial charge in [-0.1, -0.05) is 11.8 Å². The topological polar surface area (TPSA) is 123 Å². The van der Waals surface area contributed by atoms with Crippen LogP contribution in [0, 0.1) is 11.3 Å². The predicted molar refractivity (Wildman–Crippen MR) is 114 cm³/mol. The van der Waals surface area contributed by atoms with Crippen molar-refractivity contribution in [3.63, 3.8) is 0 Å². The van der Waals surface area contributed by atoms with Crippen molar-refractivity contribution in [2.45, 2.75) is 18.4 Å². The summed E-state index contributed by atoms with van der Waals surface area (Å²) in [5.74, 6) is 0.600. The summed E-state index contributed by atoms with van der Waals surface area (Å²) in [6.45, 7) is 2.19. The molecule has 0 saturated carbocycles. The Kier molecular flexibility index (Phi) is 6.20. The van der Waals surface area contributed by atoms with Gasteiger partial charge in [0.25, 0.3) is 0 Å². The summed E-state index contributed by atoms with van der Waals surface area (Å²) in [5.41, 5.74) is 1.55. The lowest BCUT2D eigenvalue weighted by Crippen LogP contribution is -2.14. The number of rotatable bonds is 7. The molecule has 3 heterocycles. The molecule has 158 valence electrons. The van der Waals surface area contributed by atoms with Gasteiger partial charge in [-0.2, -0.15) is 5.26 Å². The third kappa shape index (κ3) is 4.87. The standard InChI is InChI=1S/C20H16N4O5S2/c1-2-27-18(26)5-13-8-31-20(22-13)24-17(25)9-30-19-12(7-21)3-11-4-15-16(29-10-28-15)6-14(11)23-19/h3-4,6,8H,2,5,9-10H2,1H3,(H,22,24,25). The third-order valence-corrected chi connectivity index (χ3v) is 5.96. The molecule has 0 radical (unpaired) electrons. The van der Waals surface area contributed by atoms with Gasteiger partial charge < -0.3 is 19.5 Å². The summed E-state index contributed by atoms with van der Waals surface area (Å²) in [6, 6.07) is 7.37. The van der Waals surface area contributed by atoms with Gasteiger partial charge in [0.2, 0.25) is 12.7 Å². The lowest BCUT2D eigenvalue weighted by molar-refractivity contribution is -0.142. The zero-order valence-corrected chi connectivity index (χ0v) is 18.0. The molecule has 2 aromatic heterocycles. The summed E-state index contributed by atoms with van der Waals surface area (Å²) < 4.78 is 15.6. The van der Waals surface area contributed by atoms with Crippen LogP contribution in [0.4, 0.5) is 5.13 Å². The molecule has 0 bridgehead atoms. The molecular formula is C20H16N4O5S2. The second-order valence-corrected chi connectivity index (χ2v) is 8.14. The van der Waals surface area contributed by atoms with E-state index in [4.69, 9.17) is 14.2 Å². The van der Waals surface area contributed by atoms with Crippen LogP contribution in [-0.2, 0) is 20.7 Å². The lowest BCUT2D eigenvalue weighted by atomic mass is 10.1. The number of hydrogen-bond donors (Lipinski definition) is 1. The monoisotopic (exact) mass is 456 g/mol. The Hall–Kier alpha value is -3.36. The molecule has 0 atom stereocenters. The van der Waals surface area contributed by atoms with Crippen LogP contribution in [0.1, 0.15) is 18.2 Å². The van der Waals surface area contributed by atoms with E-state index in [9.17, 15) is 14.9 Å². The summed E-state index contributed by atoms with van der Waals surface area (Å²) in [5, 5.41) is 15.5. The molecule has 1 aromatic carbocycles. The summed E-state index contributed by atoms with van der Waals surface area (Å²) >= 11 is 2.38. The number of carbonyl (C=O) groups excluding carboxylic acids is 2. The minimum Gasteiger partial charge on any atom is -0.466 e. The molecule has 1 aliphatic heterocycles. The van der Waals surface area contributed by atoms with Crippen LogP contribution in [0.25, 0.3) is 10.9 Å². The Balaban J connectivity index is 1.41. The number of nitrogens with zero attached hydrogens (tertiary/aromatic N) is 3. The number of esters is 1. The van der Waals surface area contributed by atoms with E-state index in [1.165, 1.54) is 11.3 Å². The zero-order valence-electron chi connectivity index (χ0n) is 16.3. The summed E-state index contributed by atoms with van der Waals surface area (Å²) in [6.07, 6.45) is 0.0555. The second-order valence-electron chi connectivity index (χ2n) is 6.31. The van der Waals surface area contributed by atoms with Gasteiger partial charge in [-0.3, -0.25) is 9.59 Å². The first kappa shape index (κ1) is 20.9. The maximum absolute atomic E-state index is 12.3. The Morgan fingerprint density at radius 2 is 2.10 bits per heavy atom. The van der Waals surface area contributed by atoms with E-state index in [1.807, 2.05) is 0 Å². The van der Waals surface area contributed by atoms with Crippen molar-refractivity contribution in [1.29, 1.82) is 5.26 Å². The number of carbonyl (C=O) groups is 2. The number of pyridine rings is 1. The first-order valence-electron chi connectivity index (χ1n) is 9.23. The van der Waals surface area contributed by atoms with E-state index in [1.54, 1.807) is 30.5 Å². The number of ether oxygens (including phenoxy) is 3. The SMILES string of the molecule is CCOC(=O)Cc1csc(NC(=O)CSc2nc3cc4c(cc3cc2C#N)OCO4)n1. The van der Waals surface area contributed by atoms with Crippen LogP contribution in [0.15, 0.2) is 28.6 Å². The normalized spacial score (nSPS) is 11.9. The van der Waals surface area contributed by atoms with Gasteiger partial charge in [-0.15, -0.1) is 11.3 Å². The first-order valence-corrected chi connectivity index (χ1v) is 11.1. The molecule has 0 unspecified atom stereocenters. The second kappa shape index (κ2) is 9.20. The van der Waals surface area contributed by atoms with Gasteiger partial charge in [0.1, 0.15) is 11.1 Å². The molecule has 0 fully saturated rings. The molecule has 3 aromatic rings. The van der Waals surface area contributed by atoms with Gasteiger partial charge in [0.15, 0.2) is 16.6 Å². The van der Waals surface area contributed by atoms with E-state index in [0.717, 1.165) is 17.1 Å². The van der Waals surface area contributed by atoms with E-state index >= 15 is 0 Å². The fourth-order valence-electron chi connectivity index (χ4n) is 2.83. The molecule has 0 spiro atoms. The molecule has 31 heavy (non-hydrogen) atoms. The number of aromatic nitrogens is 2. The largest absolute Gasteiger partial charge is 0.466 e. The van der Waals surface area contributed by atoms with Gasteiger partial charge in [0.05, 0.1) is 35.6 Å². The molecule has 1 amide bonds. The van der Waals surface area contributed by atoms with E-state index in [-0.39, 0.29) is 30.8 Å². The van der Waals surface area contributed by atoms with Crippen molar-refractivity contribution >= 4 is 51.0 Å². The maximum atomic E-state index is 12.3. The number of amides is 1. The van der Waals surface area contributed by atoms with Gasteiger partial charge >= 0.3 is 5.97 Å². The third-order valence-electron chi connectivity index (χ3n) is 4.16. The molecule has 9 nitrogen and oxygen atoms in total. The lowest BCUT2D eigenvalue weighted by Gasteiger charge is -2.07. The highest BCUT2D eigenvalue weighted by atomic mass is 32.2. The average Bonchev–Trinajstić information content (AvgIpc) is 3.38. The van der Waals surface area contributed by atoms with Crippen molar-refractivity contribution < 1.29 is 23.8 Å². The van der Waals surface area contributed by atoms with Crippen LogP contribution >= 0.6 is 23.1 Å². The molecule has 0 aliphatic carbocycles. The predicted octanol–water partition coefficient (Wildman–Crippen LogP) is 3.13. The van der Waals surface area contributed by atoms with Crippen molar-refractivity contribution in [3.05, 3.63) is 34.8 Å². The van der Waals surface area contributed by atoms with Crippen molar-refractivity contribution in [1.82, 2.24) is 9.97 Å². The highest BCUT2D eigenvalue weighted by Gasteiger charge is 2.17. The Bertz CT molecular complexity index is 1200. The fraction of sp³-hybridized carbons (Fsp3) is 0.250. The minimum absolute atomic E-state index is 0.0462. The van der Waals surface area contributed by atoms with E-state index in [2.05, 4.69) is 21.4 Å². The zero-order chi connectivity index (χ0) is 21.8.